The summed E-state index contributed by atoms with van der Waals surface area (Å²) in [6.45, 7) is 0. The normalized spacial score (nSPS) is 24.2. The highest BCUT2D eigenvalue weighted by Gasteiger charge is 2.59. The number of benzene rings is 2. The third-order valence-corrected chi connectivity index (χ3v) is 7.77. The number of carboxylic acids is 1. The van der Waals surface area contributed by atoms with Crippen molar-refractivity contribution in [1.29, 1.82) is 0 Å². The molecule has 4 atom stereocenters. The Labute approximate surface area is 204 Å². The first kappa shape index (κ1) is 22.7. The lowest BCUT2D eigenvalue weighted by atomic mass is 9.77. The van der Waals surface area contributed by atoms with Crippen LogP contribution in [-0.2, 0) is 9.59 Å². The predicted molar refractivity (Wildman–Crippen MR) is 126 cm³/mol. The van der Waals surface area contributed by atoms with Crippen molar-refractivity contribution in [2.45, 2.75) is 30.8 Å². The lowest BCUT2D eigenvalue weighted by Crippen LogP contribution is -2.44. The van der Waals surface area contributed by atoms with E-state index in [0.717, 1.165) is 0 Å². The summed E-state index contributed by atoms with van der Waals surface area (Å²) in [5, 5.41) is 12.6. The molecule has 8 heteroatoms. The van der Waals surface area contributed by atoms with Gasteiger partial charge in [0.25, 0.3) is 0 Å². The molecule has 4 unspecified atom stereocenters. The molecule has 5 nitrogen and oxygen atoms in total. The molecular formula is C26H21ClFNO4S. The van der Waals surface area contributed by atoms with Crippen LogP contribution >= 0.6 is 22.9 Å². The van der Waals surface area contributed by atoms with Crippen LogP contribution in [0, 0.1) is 17.7 Å². The number of nitrogens with zero attached hydrogens (tertiary/aromatic N) is 1. The second-order valence-electron chi connectivity index (χ2n) is 8.74. The highest BCUT2D eigenvalue weighted by atomic mass is 35.5. The third-order valence-electron chi connectivity index (χ3n) is 6.63. The quantitative estimate of drug-likeness (QED) is 0.452. The maximum atomic E-state index is 13.9. The molecule has 1 aliphatic heterocycles. The van der Waals surface area contributed by atoms with E-state index in [9.17, 15) is 23.9 Å². The van der Waals surface area contributed by atoms with Gasteiger partial charge in [0.1, 0.15) is 11.9 Å². The minimum atomic E-state index is -1.25. The molecule has 0 bridgehead atoms. The van der Waals surface area contributed by atoms with E-state index in [1.165, 1.54) is 40.5 Å². The van der Waals surface area contributed by atoms with Crippen molar-refractivity contribution >= 4 is 40.6 Å². The van der Waals surface area contributed by atoms with Crippen LogP contribution in [0.5, 0.6) is 0 Å². The third kappa shape index (κ3) is 4.03. The summed E-state index contributed by atoms with van der Waals surface area (Å²) in [4.78, 5) is 42.0. The van der Waals surface area contributed by atoms with Crippen molar-refractivity contribution in [3.8, 4) is 0 Å². The zero-order valence-corrected chi connectivity index (χ0v) is 19.5. The summed E-state index contributed by atoms with van der Waals surface area (Å²) in [5.41, 5.74) is 1.15. The molecule has 1 aliphatic carbocycles. The highest BCUT2D eigenvalue weighted by molar-refractivity contribution is 7.12. The van der Waals surface area contributed by atoms with Crippen LogP contribution in [0.1, 0.15) is 45.6 Å². The van der Waals surface area contributed by atoms with Gasteiger partial charge in [-0.25, -0.2) is 9.18 Å². The molecule has 34 heavy (non-hydrogen) atoms. The molecule has 1 amide bonds. The number of carbonyl (C=O) groups excluding carboxylic acids is 2. The summed E-state index contributed by atoms with van der Waals surface area (Å²) >= 11 is 7.36. The summed E-state index contributed by atoms with van der Waals surface area (Å²) in [6, 6.07) is 13.7. The van der Waals surface area contributed by atoms with Gasteiger partial charge in [-0.1, -0.05) is 41.9 Å². The Morgan fingerprint density at radius 2 is 1.62 bits per heavy atom. The van der Waals surface area contributed by atoms with Gasteiger partial charge in [-0.2, -0.15) is 0 Å². The van der Waals surface area contributed by atoms with Crippen molar-refractivity contribution in [3.05, 3.63) is 92.9 Å². The van der Waals surface area contributed by atoms with Gasteiger partial charge in [0.2, 0.25) is 5.91 Å². The molecule has 174 valence electrons. The minimum Gasteiger partial charge on any atom is -0.480 e. The van der Waals surface area contributed by atoms with Crippen molar-refractivity contribution < 1.29 is 23.9 Å². The lowest BCUT2D eigenvalue weighted by Gasteiger charge is -2.30. The monoisotopic (exact) mass is 497 g/mol. The first-order valence-corrected chi connectivity index (χ1v) is 12.3. The average molecular weight is 498 g/mol. The predicted octanol–water partition coefficient (Wildman–Crippen LogP) is 5.57. The van der Waals surface area contributed by atoms with Gasteiger partial charge >= 0.3 is 5.97 Å². The summed E-state index contributed by atoms with van der Waals surface area (Å²) < 4.78 is 13.8. The van der Waals surface area contributed by atoms with Crippen LogP contribution < -0.4 is 0 Å². The Morgan fingerprint density at radius 3 is 2.18 bits per heavy atom. The molecule has 5 rings (SSSR count). The molecule has 0 radical (unpaired) electrons. The Bertz CT molecular complexity index is 1220. The number of hydrogen-bond acceptors (Lipinski definition) is 4. The summed E-state index contributed by atoms with van der Waals surface area (Å²) in [6.07, 6.45) is 1.37. The van der Waals surface area contributed by atoms with E-state index in [1.54, 1.807) is 41.8 Å². The van der Waals surface area contributed by atoms with E-state index < -0.39 is 35.7 Å². The molecule has 2 aliphatic rings. The highest BCUT2D eigenvalue weighted by Crippen LogP contribution is 2.53. The fourth-order valence-corrected chi connectivity index (χ4v) is 5.83. The average Bonchev–Trinajstić information content (AvgIpc) is 3.40. The fourth-order valence-electron chi connectivity index (χ4n) is 4.99. The number of aliphatic carboxylic acids is 1. The molecule has 2 aromatic carbocycles. The number of Topliss-reactive ketones (excluding diaryl/α,β-unsaturated/α-hetero) is 1. The molecule has 1 N–H and O–H groups in total. The van der Waals surface area contributed by atoms with Gasteiger partial charge < -0.3 is 10.0 Å². The van der Waals surface area contributed by atoms with Gasteiger partial charge in [-0.15, -0.1) is 11.3 Å². The molecule has 1 saturated heterocycles. The minimum absolute atomic E-state index is 0.235. The Hall–Kier alpha value is -3.03. The second-order valence-corrected chi connectivity index (χ2v) is 10.1. The Balaban J connectivity index is 1.73. The molecule has 1 aromatic heterocycles. The van der Waals surface area contributed by atoms with E-state index in [1.807, 2.05) is 0 Å². The smallest absolute Gasteiger partial charge is 0.327 e. The van der Waals surface area contributed by atoms with Crippen LogP contribution in [0.25, 0.3) is 0 Å². The van der Waals surface area contributed by atoms with Gasteiger partial charge in [0.15, 0.2) is 5.78 Å². The van der Waals surface area contributed by atoms with E-state index in [0.29, 0.717) is 33.9 Å². The zero-order valence-electron chi connectivity index (χ0n) is 17.9. The molecule has 2 heterocycles. The SMILES string of the molecule is O=C(c1cccs1)C1C(c2ccc(Cl)cc2)C(C(=O)O)N(C(=O)C2CC2)C1c1ccc(F)cc1. The molecule has 3 aromatic rings. The molecular weight excluding hydrogens is 477 g/mol. The van der Waals surface area contributed by atoms with Gasteiger partial charge in [0.05, 0.1) is 16.8 Å². The number of halogens is 2. The number of likely N-dealkylation sites (tertiary alicyclic amines) is 1. The van der Waals surface area contributed by atoms with E-state index in [4.69, 9.17) is 11.6 Å². The molecule has 1 saturated carbocycles. The van der Waals surface area contributed by atoms with E-state index >= 15 is 0 Å². The van der Waals surface area contributed by atoms with Crippen LogP contribution in [0.4, 0.5) is 4.39 Å². The van der Waals surface area contributed by atoms with Gasteiger partial charge in [-0.05, 0) is 59.7 Å². The first-order valence-electron chi connectivity index (χ1n) is 11.0. The number of carbonyl (C=O) groups is 3. The van der Waals surface area contributed by atoms with Crippen LogP contribution in [0.2, 0.25) is 5.02 Å². The van der Waals surface area contributed by atoms with Gasteiger partial charge in [0, 0.05) is 16.9 Å². The number of thiophene rings is 1. The van der Waals surface area contributed by atoms with E-state index in [2.05, 4.69) is 0 Å². The largest absolute Gasteiger partial charge is 0.480 e. The number of ketones is 1. The number of carboxylic acid groups (broad SMARTS) is 1. The van der Waals surface area contributed by atoms with Crippen molar-refractivity contribution in [1.82, 2.24) is 4.90 Å². The molecule has 0 spiro atoms. The topological polar surface area (TPSA) is 74.7 Å². The van der Waals surface area contributed by atoms with Crippen LogP contribution in [0.3, 0.4) is 0 Å². The fraction of sp³-hybridized carbons (Fsp3) is 0.269. The number of hydrogen-bond donors (Lipinski definition) is 1. The van der Waals surface area contributed by atoms with E-state index in [-0.39, 0.29) is 17.6 Å². The lowest BCUT2D eigenvalue weighted by molar-refractivity contribution is -0.150. The number of rotatable bonds is 6. The second kappa shape index (κ2) is 8.96. The van der Waals surface area contributed by atoms with Crippen molar-refractivity contribution in [3.63, 3.8) is 0 Å². The first-order chi connectivity index (χ1) is 16.4. The summed E-state index contributed by atoms with van der Waals surface area (Å²) in [7, 11) is 0. The van der Waals surface area contributed by atoms with Crippen LogP contribution in [-0.4, -0.2) is 33.7 Å². The maximum absolute atomic E-state index is 13.9. The summed E-state index contributed by atoms with van der Waals surface area (Å²) in [5.74, 6) is -4.07. The van der Waals surface area contributed by atoms with Crippen molar-refractivity contribution in [2.75, 3.05) is 0 Å². The zero-order chi connectivity index (χ0) is 24.0. The maximum Gasteiger partial charge on any atom is 0.327 e. The standard InChI is InChI=1S/C26H21ClFNO4S/c27-17-9-5-14(6-10-17)20-21(24(30)19-2-1-13-34-19)22(15-7-11-18(28)12-8-15)29(23(20)26(32)33)25(31)16-3-4-16/h1-2,5-13,16,20-23H,3-4H2,(H,32,33). The Kier molecular flexibility index (Phi) is 6.00. The van der Waals surface area contributed by atoms with Crippen LogP contribution in [0.15, 0.2) is 66.0 Å². The number of amides is 1. The molecule has 2 fully saturated rings. The van der Waals surface area contributed by atoms with Gasteiger partial charge in [-0.3, -0.25) is 9.59 Å². The Morgan fingerprint density at radius 1 is 0.971 bits per heavy atom. The van der Waals surface area contributed by atoms with Crippen molar-refractivity contribution in [2.24, 2.45) is 11.8 Å².